The predicted octanol–water partition coefficient (Wildman–Crippen LogP) is 0.582. The van der Waals surface area contributed by atoms with Crippen LogP contribution < -0.4 is 15.4 Å². The van der Waals surface area contributed by atoms with Crippen LogP contribution in [0.2, 0.25) is 5.15 Å². The van der Waals surface area contributed by atoms with Crippen molar-refractivity contribution in [1.82, 2.24) is 4.98 Å². The Bertz CT molecular complexity index is 506. The number of anilines is 1. The molecule has 0 spiro atoms. The van der Waals surface area contributed by atoms with Gasteiger partial charge in [-0.3, -0.25) is 9.59 Å². The average Bonchev–Trinajstić information content (AvgIpc) is 2.71. The first-order chi connectivity index (χ1) is 8.52. The maximum Gasteiger partial charge on any atom is 0.227 e. The van der Waals surface area contributed by atoms with E-state index in [1.807, 2.05) is 0 Å². The summed E-state index contributed by atoms with van der Waals surface area (Å²) in [5.41, 5.74) is 5.66. The Balaban J connectivity index is 2.27. The van der Waals surface area contributed by atoms with Gasteiger partial charge in [0.05, 0.1) is 18.7 Å². The molecule has 7 heteroatoms. The summed E-state index contributed by atoms with van der Waals surface area (Å²) in [6.45, 7) is 0.238. The number of hydrogen-bond acceptors (Lipinski definition) is 4. The van der Waals surface area contributed by atoms with Crippen LogP contribution in [0.15, 0.2) is 12.1 Å². The van der Waals surface area contributed by atoms with E-state index in [0.717, 1.165) is 0 Å². The van der Waals surface area contributed by atoms with Gasteiger partial charge in [-0.15, -0.1) is 0 Å². The molecular weight excluding hydrogens is 258 g/mol. The van der Waals surface area contributed by atoms with Gasteiger partial charge in [0.2, 0.25) is 17.7 Å². The van der Waals surface area contributed by atoms with Crippen molar-refractivity contribution in [2.45, 2.75) is 6.42 Å². The fourth-order valence-corrected chi connectivity index (χ4v) is 2.10. The second kappa shape index (κ2) is 4.81. The highest BCUT2D eigenvalue weighted by molar-refractivity contribution is 6.32. The first-order valence-corrected chi connectivity index (χ1v) is 5.71. The van der Waals surface area contributed by atoms with E-state index < -0.39 is 11.8 Å². The number of nitrogens with zero attached hydrogens (tertiary/aromatic N) is 2. The van der Waals surface area contributed by atoms with Crippen molar-refractivity contribution in [3.63, 3.8) is 0 Å². The summed E-state index contributed by atoms with van der Waals surface area (Å²) in [7, 11) is 1.47. The standard InChI is InChI=1S/C11H12ClN3O3/c1-18-8-3-2-7(10(12)14-8)15-5-6(11(13)17)4-9(15)16/h2-3,6H,4-5H2,1H3,(H2,13,17). The first-order valence-electron chi connectivity index (χ1n) is 5.33. The van der Waals surface area contributed by atoms with Crippen molar-refractivity contribution in [2.75, 3.05) is 18.6 Å². The van der Waals surface area contributed by atoms with Gasteiger partial charge < -0.3 is 15.4 Å². The molecule has 96 valence electrons. The SMILES string of the molecule is COc1ccc(N2CC(C(N)=O)CC2=O)c(Cl)n1. The third-order valence-corrected chi connectivity index (χ3v) is 3.11. The zero-order valence-corrected chi connectivity index (χ0v) is 10.5. The molecule has 1 aliphatic heterocycles. The number of hydrogen-bond donors (Lipinski definition) is 1. The van der Waals surface area contributed by atoms with Gasteiger partial charge in [0.1, 0.15) is 0 Å². The summed E-state index contributed by atoms with van der Waals surface area (Å²) in [6, 6.07) is 3.24. The molecule has 1 unspecified atom stereocenters. The van der Waals surface area contributed by atoms with Gasteiger partial charge in [0, 0.05) is 19.0 Å². The van der Waals surface area contributed by atoms with Crippen LogP contribution in [-0.4, -0.2) is 30.5 Å². The Morgan fingerprint density at radius 1 is 1.61 bits per heavy atom. The predicted molar refractivity (Wildman–Crippen MR) is 65.5 cm³/mol. The number of carbonyl (C=O) groups excluding carboxylic acids is 2. The van der Waals surface area contributed by atoms with Crippen molar-refractivity contribution in [3.05, 3.63) is 17.3 Å². The Morgan fingerprint density at radius 3 is 2.83 bits per heavy atom. The molecule has 1 fully saturated rings. The molecule has 2 amide bonds. The topological polar surface area (TPSA) is 85.5 Å². The lowest BCUT2D eigenvalue weighted by Crippen LogP contribution is -2.28. The molecule has 6 nitrogen and oxygen atoms in total. The summed E-state index contributed by atoms with van der Waals surface area (Å²) >= 11 is 5.98. The van der Waals surface area contributed by atoms with E-state index in [9.17, 15) is 9.59 Å². The summed E-state index contributed by atoms with van der Waals surface area (Å²) in [6.07, 6.45) is 0.109. The number of rotatable bonds is 3. The van der Waals surface area contributed by atoms with Gasteiger partial charge in [-0.1, -0.05) is 11.6 Å². The van der Waals surface area contributed by atoms with Crippen LogP contribution in [0.3, 0.4) is 0 Å². The lowest BCUT2D eigenvalue weighted by Gasteiger charge is -2.17. The molecule has 1 saturated heterocycles. The summed E-state index contributed by atoms with van der Waals surface area (Å²) < 4.78 is 4.93. The molecule has 1 aromatic heterocycles. The Kier molecular flexibility index (Phi) is 3.38. The van der Waals surface area contributed by atoms with E-state index in [-0.39, 0.29) is 24.0 Å². The quantitative estimate of drug-likeness (QED) is 0.814. The molecule has 18 heavy (non-hydrogen) atoms. The number of pyridine rings is 1. The Labute approximate surface area is 109 Å². The third-order valence-electron chi connectivity index (χ3n) is 2.83. The number of halogens is 1. The molecular formula is C11H12ClN3O3. The second-order valence-corrected chi connectivity index (χ2v) is 4.33. The van der Waals surface area contributed by atoms with Gasteiger partial charge in [-0.05, 0) is 6.07 Å². The summed E-state index contributed by atoms with van der Waals surface area (Å²) in [5, 5.41) is 0.160. The lowest BCUT2D eigenvalue weighted by atomic mass is 10.1. The number of aromatic nitrogens is 1. The lowest BCUT2D eigenvalue weighted by molar-refractivity contribution is -0.123. The number of primary amides is 1. The van der Waals surface area contributed by atoms with E-state index in [2.05, 4.69) is 4.98 Å². The molecule has 2 heterocycles. The van der Waals surface area contributed by atoms with Crippen LogP contribution in [0, 0.1) is 5.92 Å². The smallest absolute Gasteiger partial charge is 0.227 e. The normalized spacial score (nSPS) is 19.1. The second-order valence-electron chi connectivity index (χ2n) is 3.97. The fourth-order valence-electron chi connectivity index (χ4n) is 1.86. The molecule has 2 rings (SSSR count). The highest BCUT2D eigenvalue weighted by Crippen LogP contribution is 2.31. The molecule has 0 saturated carbocycles. The van der Waals surface area contributed by atoms with Gasteiger partial charge >= 0.3 is 0 Å². The minimum Gasteiger partial charge on any atom is -0.481 e. The Hall–Kier alpha value is -1.82. The highest BCUT2D eigenvalue weighted by Gasteiger charge is 2.35. The third kappa shape index (κ3) is 2.24. The molecule has 0 aliphatic carbocycles. The summed E-state index contributed by atoms with van der Waals surface area (Å²) in [5.74, 6) is -0.784. The maximum atomic E-state index is 11.8. The number of nitrogens with two attached hydrogens (primary N) is 1. The average molecular weight is 270 g/mol. The van der Waals surface area contributed by atoms with Gasteiger partial charge in [0.15, 0.2) is 5.15 Å². The van der Waals surface area contributed by atoms with Crippen molar-refractivity contribution in [1.29, 1.82) is 0 Å². The van der Waals surface area contributed by atoms with E-state index in [1.54, 1.807) is 12.1 Å². The number of ether oxygens (including phenoxy) is 1. The maximum absolute atomic E-state index is 11.8. The largest absolute Gasteiger partial charge is 0.481 e. The van der Waals surface area contributed by atoms with E-state index >= 15 is 0 Å². The molecule has 0 aromatic carbocycles. The van der Waals surface area contributed by atoms with E-state index in [1.165, 1.54) is 12.0 Å². The number of methoxy groups -OCH3 is 1. The van der Waals surface area contributed by atoms with Gasteiger partial charge in [-0.25, -0.2) is 0 Å². The fraction of sp³-hybridized carbons (Fsp3) is 0.364. The van der Waals surface area contributed by atoms with Crippen molar-refractivity contribution >= 4 is 29.1 Å². The zero-order valence-electron chi connectivity index (χ0n) is 9.72. The van der Waals surface area contributed by atoms with Crippen LogP contribution in [-0.2, 0) is 9.59 Å². The number of amides is 2. The van der Waals surface area contributed by atoms with Crippen LogP contribution in [0.1, 0.15) is 6.42 Å². The molecule has 0 radical (unpaired) electrons. The molecule has 1 aromatic rings. The number of carbonyl (C=O) groups is 2. The van der Waals surface area contributed by atoms with Crippen molar-refractivity contribution in [2.24, 2.45) is 11.7 Å². The summed E-state index contributed by atoms with van der Waals surface area (Å²) in [4.78, 5) is 28.3. The van der Waals surface area contributed by atoms with E-state index in [4.69, 9.17) is 22.1 Å². The minimum atomic E-state index is -0.483. The van der Waals surface area contributed by atoms with Crippen molar-refractivity contribution < 1.29 is 14.3 Å². The zero-order chi connectivity index (χ0) is 13.3. The molecule has 0 bridgehead atoms. The molecule has 1 aliphatic rings. The minimum absolute atomic E-state index is 0.109. The Morgan fingerprint density at radius 2 is 2.33 bits per heavy atom. The van der Waals surface area contributed by atoms with Crippen LogP contribution in [0.4, 0.5) is 5.69 Å². The van der Waals surface area contributed by atoms with Gasteiger partial charge in [-0.2, -0.15) is 4.98 Å². The van der Waals surface area contributed by atoms with Crippen LogP contribution >= 0.6 is 11.6 Å². The molecule has 1 atom stereocenters. The molecule has 2 N–H and O–H groups in total. The van der Waals surface area contributed by atoms with E-state index in [0.29, 0.717) is 11.6 Å². The van der Waals surface area contributed by atoms with Crippen LogP contribution in [0.5, 0.6) is 5.88 Å². The highest BCUT2D eigenvalue weighted by atomic mass is 35.5. The van der Waals surface area contributed by atoms with Gasteiger partial charge in [0.25, 0.3) is 0 Å². The first kappa shape index (κ1) is 12.6. The monoisotopic (exact) mass is 269 g/mol. The van der Waals surface area contributed by atoms with Crippen LogP contribution in [0.25, 0.3) is 0 Å². The van der Waals surface area contributed by atoms with Crippen molar-refractivity contribution in [3.8, 4) is 5.88 Å².